The first kappa shape index (κ1) is 15.6. The number of alkyl halides is 2. The van der Waals surface area contributed by atoms with E-state index < -0.39 is 6.43 Å². The predicted molar refractivity (Wildman–Crippen MR) is 73.8 cm³/mol. The number of carbonyl (C=O) groups is 1. The summed E-state index contributed by atoms with van der Waals surface area (Å²) in [5.41, 5.74) is 0. The molecule has 2 aliphatic heterocycles. The van der Waals surface area contributed by atoms with Gasteiger partial charge in [-0.3, -0.25) is 9.69 Å². The second kappa shape index (κ2) is 7.31. The molecule has 116 valence electrons. The molecule has 0 aromatic heterocycles. The number of hydrogen-bond donors (Lipinski definition) is 1. The zero-order chi connectivity index (χ0) is 14.5. The van der Waals surface area contributed by atoms with E-state index in [9.17, 15) is 13.6 Å². The van der Waals surface area contributed by atoms with E-state index in [0.717, 1.165) is 32.4 Å². The molecule has 20 heavy (non-hydrogen) atoms. The minimum Gasteiger partial charge on any atom is -0.340 e. The van der Waals surface area contributed by atoms with Crippen LogP contribution in [0.1, 0.15) is 26.2 Å². The van der Waals surface area contributed by atoms with Gasteiger partial charge in [0.25, 0.3) is 6.43 Å². The molecular formula is C14H25F2N3O. The van der Waals surface area contributed by atoms with Crippen LogP contribution in [0.2, 0.25) is 0 Å². The highest BCUT2D eigenvalue weighted by Gasteiger charge is 2.33. The molecule has 6 heteroatoms. The van der Waals surface area contributed by atoms with Crippen LogP contribution in [0.3, 0.4) is 0 Å². The van der Waals surface area contributed by atoms with Gasteiger partial charge in [-0.05, 0) is 32.4 Å². The number of piperazine rings is 1. The molecule has 1 amide bonds. The van der Waals surface area contributed by atoms with E-state index >= 15 is 0 Å². The number of amides is 1. The molecule has 0 aromatic rings. The fourth-order valence-corrected chi connectivity index (χ4v) is 3.23. The number of nitrogens with zero attached hydrogens (tertiary/aromatic N) is 2. The van der Waals surface area contributed by atoms with Crippen LogP contribution < -0.4 is 5.32 Å². The van der Waals surface area contributed by atoms with Crippen LogP contribution >= 0.6 is 0 Å². The Labute approximate surface area is 119 Å². The predicted octanol–water partition coefficient (Wildman–Crippen LogP) is 1.17. The molecule has 1 unspecified atom stereocenters. The summed E-state index contributed by atoms with van der Waals surface area (Å²) < 4.78 is 25.1. The quantitative estimate of drug-likeness (QED) is 0.844. The SMILES string of the molecule is CCC1CN(C(=O)C2CCNCC2)CCN1CC(F)F. The number of piperidine rings is 1. The maximum atomic E-state index is 12.5. The molecule has 0 radical (unpaired) electrons. The zero-order valence-corrected chi connectivity index (χ0v) is 12.2. The van der Waals surface area contributed by atoms with Crippen molar-refractivity contribution in [1.82, 2.24) is 15.1 Å². The van der Waals surface area contributed by atoms with Crippen LogP contribution in [0.4, 0.5) is 8.78 Å². The number of carbonyl (C=O) groups excluding carboxylic acids is 1. The molecule has 1 N–H and O–H groups in total. The van der Waals surface area contributed by atoms with Gasteiger partial charge in [-0.15, -0.1) is 0 Å². The number of hydrogen-bond acceptors (Lipinski definition) is 3. The highest BCUT2D eigenvalue weighted by Crippen LogP contribution is 2.20. The van der Waals surface area contributed by atoms with Gasteiger partial charge in [0.05, 0.1) is 6.54 Å². The lowest BCUT2D eigenvalue weighted by Gasteiger charge is -2.42. The highest BCUT2D eigenvalue weighted by molar-refractivity contribution is 5.79. The van der Waals surface area contributed by atoms with Crippen LogP contribution in [0, 0.1) is 5.92 Å². The van der Waals surface area contributed by atoms with Gasteiger partial charge >= 0.3 is 0 Å². The maximum absolute atomic E-state index is 12.5. The molecule has 0 aliphatic carbocycles. The summed E-state index contributed by atoms with van der Waals surface area (Å²) in [4.78, 5) is 16.2. The second-order valence-electron chi connectivity index (χ2n) is 5.76. The van der Waals surface area contributed by atoms with E-state index in [-0.39, 0.29) is 24.4 Å². The van der Waals surface area contributed by atoms with E-state index in [1.807, 2.05) is 16.7 Å². The highest BCUT2D eigenvalue weighted by atomic mass is 19.3. The van der Waals surface area contributed by atoms with E-state index in [2.05, 4.69) is 5.32 Å². The Hall–Kier alpha value is -0.750. The Kier molecular flexibility index (Phi) is 5.72. The minimum atomic E-state index is -2.30. The van der Waals surface area contributed by atoms with Gasteiger partial charge < -0.3 is 10.2 Å². The van der Waals surface area contributed by atoms with Crippen molar-refractivity contribution >= 4 is 5.91 Å². The zero-order valence-electron chi connectivity index (χ0n) is 12.2. The van der Waals surface area contributed by atoms with Crippen molar-refractivity contribution < 1.29 is 13.6 Å². The lowest BCUT2D eigenvalue weighted by molar-refractivity contribution is -0.139. The second-order valence-corrected chi connectivity index (χ2v) is 5.76. The van der Waals surface area contributed by atoms with Crippen molar-refractivity contribution in [3.8, 4) is 0 Å². The molecule has 2 saturated heterocycles. The lowest BCUT2D eigenvalue weighted by Crippen LogP contribution is -2.57. The molecule has 0 bridgehead atoms. The summed E-state index contributed by atoms with van der Waals surface area (Å²) in [6.07, 6.45) is 0.304. The number of halogens is 2. The van der Waals surface area contributed by atoms with Gasteiger partial charge in [0.15, 0.2) is 0 Å². The van der Waals surface area contributed by atoms with Gasteiger partial charge in [0.2, 0.25) is 5.91 Å². The van der Waals surface area contributed by atoms with E-state index in [1.54, 1.807) is 0 Å². The van der Waals surface area contributed by atoms with Gasteiger partial charge in [0, 0.05) is 31.6 Å². The third-order valence-electron chi connectivity index (χ3n) is 4.45. The van der Waals surface area contributed by atoms with Gasteiger partial charge in [0.1, 0.15) is 0 Å². The van der Waals surface area contributed by atoms with E-state index in [1.165, 1.54) is 0 Å². The van der Waals surface area contributed by atoms with E-state index in [4.69, 9.17) is 0 Å². The molecule has 2 heterocycles. The van der Waals surface area contributed by atoms with Crippen molar-refractivity contribution in [2.24, 2.45) is 5.92 Å². The smallest absolute Gasteiger partial charge is 0.251 e. The molecule has 0 spiro atoms. The molecule has 4 nitrogen and oxygen atoms in total. The van der Waals surface area contributed by atoms with Crippen LogP contribution in [0.15, 0.2) is 0 Å². The monoisotopic (exact) mass is 289 g/mol. The van der Waals surface area contributed by atoms with Gasteiger partial charge in [-0.1, -0.05) is 6.92 Å². The molecule has 1 atom stereocenters. The molecular weight excluding hydrogens is 264 g/mol. The van der Waals surface area contributed by atoms with Gasteiger partial charge in [-0.2, -0.15) is 0 Å². The molecule has 0 aromatic carbocycles. The van der Waals surface area contributed by atoms with Gasteiger partial charge in [-0.25, -0.2) is 8.78 Å². The first-order valence-electron chi connectivity index (χ1n) is 7.63. The topological polar surface area (TPSA) is 35.6 Å². The summed E-state index contributed by atoms with van der Waals surface area (Å²) >= 11 is 0. The third-order valence-corrected chi connectivity index (χ3v) is 4.45. The Morgan fingerprint density at radius 1 is 1.30 bits per heavy atom. The summed E-state index contributed by atoms with van der Waals surface area (Å²) in [7, 11) is 0. The van der Waals surface area contributed by atoms with Crippen molar-refractivity contribution in [3.05, 3.63) is 0 Å². The van der Waals surface area contributed by atoms with Crippen molar-refractivity contribution in [1.29, 1.82) is 0 Å². The Morgan fingerprint density at radius 2 is 2.00 bits per heavy atom. The molecule has 0 saturated carbocycles. The molecule has 2 fully saturated rings. The van der Waals surface area contributed by atoms with Crippen LogP contribution in [0.25, 0.3) is 0 Å². The largest absolute Gasteiger partial charge is 0.340 e. The maximum Gasteiger partial charge on any atom is 0.251 e. The molecule has 2 aliphatic rings. The van der Waals surface area contributed by atoms with Crippen LogP contribution in [0.5, 0.6) is 0 Å². The van der Waals surface area contributed by atoms with Crippen LogP contribution in [-0.4, -0.2) is 67.4 Å². The molecule has 2 rings (SSSR count). The van der Waals surface area contributed by atoms with E-state index in [0.29, 0.717) is 19.6 Å². The normalized spacial score (nSPS) is 26.2. The minimum absolute atomic E-state index is 0.0726. The number of rotatable bonds is 4. The average molecular weight is 289 g/mol. The summed E-state index contributed by atoms with van der Waals surface area (Å²) in [5.74, 6) is 0.344. The Bertz CT molecular complexity index is 322. The number of nitrogens with one attached hydrogen (secondary N) is 1. The first-order chi connectivity index (χ1) is 9.61. The fraction of sp³-hybridized carbons (Fsp3) is 0.929. The van der Waals surface area contributed by atoms with Crippen LogP contribution in [-0.2, 0) is 4.79 Å². The first-order valence-corrected chi connectivity index (χ1v) is 7.63. The summed E-state index contributed by atoms with van der Waals surface area (Å²) in [6, 6.07) is 0.0726. The summed E-state index contributed by atoms with van der Waals surface area (Å²) in [6.45, 7) is 5.39. The standard InChI is InChI=1S/C14H25F2N3O/c1-2-12-9-19(8-7-18(12)10-13(15)16)14(20)11-3-5-17-6-4-11/h11-13,17H,2-10H2,1H3. The lowest BCUT2D eigenvalue weighted by atomic mass is 9.95. The summed E-state index contributed by atoms with van der Waals surface area (Å²) in [5, 5.41) is 3.26. The average Bonchev–Trinajstić information content (AvgIpc) is 2.47. The van der Waals surface area contributed by atoms with Crippen molar-refractivity contribution in [2.45, 2.75) is 38.7 Å². The third kappa shape index (κ3) is 3.88. The Balaban J connectivity index is 1.90. The van der Waals surface area contributed by atoms with Crippen molar-refractivity contribution in [2.75, 3.05) is 39.3 Å². The van der Waals surface area contributed by atoms with Crippen molar-refractivity contribution in [3.63, 3.8) is 0 Å². The fourth-order valence-electron chi connectivity index (χ4n) is 3.23. The Morgan fingerprint density at radius 3 is 2.60 bits per heavy atom.